The summed E-state index contributed by atoms with van der Waals surface area (Å²) in [5, 5.41) is 13.6. The van der Waals surface area contributed by atoms with Gasteiger partial charge in [0.25, 0.3) is 0 Å². The van der Waals surface area contributed by atoms with Crippen LogP contribution in [0.3, 0.4) is 0 Å². The van der Waals surface area contributed by atoms with E-state index in [1.165, 1.54) is 0 Å². The Bertz CT molecular complexity index is 510. The largest absolute Gasteiger partial charge is 0.390 e. The zero-order chi connectivity index (χ0) is 15.4. The number of carbonyl (C=O) groups is 1. The summed E-state index contributed by atoms with van der Waals surface area (Å²) in [5.41, 5.74) is 0.900. The maximum Gasteiger partial charge on any atom is 0.223 e. The molecule has 1 aromatic carbocycles. The van der Waals surface area contributed by atoms with Crippen LogP contribution in [-0.4, -0.2) is 30.3 Å². The molecular weight excluding hydrogens is 313 g/mol. The smallest absolute Gasteiger partial charge is 0.223 e. The fraction of sp³-hybridized carbons (Fsp3) is 0.533. The van der Waals surface area contributed by atoms with E-state index >= 15 is 0 Å². The van der Waals surface area contributed by atoms with Gasteiger partial charge in [0, 0.05) is 19.6 Å². The van der Waals surface area contributed by atoms with Crippen LogP contribution >= 0.6 is 23.2 Å². The second kappa shape index (κ2) is 7.45. The molecule has 1 fully saturated rings. The first-order valence-electron chi connectivity index (χ1n) is 6.93. The normalized spacial score (nSPS) is 25.6. The third-order valence-electron chi connectivity index (χ3n) is 3.88. The van der Waals surface area contributed by atoms with Crippen LogP contribution in [0, 0.1) is 5.92 Å². The van der Waals surface area contributed by atoms with Gasteiger partial charge < -0.3 is 15.2 Å². The third kappa shape index (κ3) is 4.33. The second-order valence-corrected chi connectivity index (χ2v) is 6.13. The lowest BCUT2D eigenvalue weighted by atomic mass is 9.84. The molecule has 0 spiro atoms. The molecule has 0 saturated heterocycles. The summed E-state index contributed by atoms with van der Waals surface area (Å²) >= 11 is 11.8. The van der Waals surface area contributed by atoms with Crippen molar-refractivity contribution in [3.05, 3.63) is 33.8 Å². The molecule has 1 aliphatic carbocycles. The van der Waals surface area contributed by atoms with Crippen LogP contribution in [-0.2, 0) is 16.1 Å². The van der Waals surface area contributed by atoms with Crippen LogP contribution in [0.5, 0.6) is 0 Å². The Balaban J connectivity index is 1.88. The van der Waals surface area contributed by atoms with E-state index < -0.39 is 6.10 Å². The van der Waals surface area contributed by atoms with Crippen molar-refractivity contribution in [1.82, 2.24) is 5.32 Å². The van der Waals surface area contributed by atoms with E-state index in [1.807, 2.05) is 6.07 Å². The minimum absolute atomic E-state index is 0.0185. The predicted molar refractivity (Wildman–Crippen MR) is 82.5 cm³/mol. The summed E-state index contributed by atoms with van der Waals surface area (Å²) in [6, 6.07) is 5.28. The topological polar surface area (TPSA) is 58.6 Å². The Morgan fingerprint density at radius 1 is 1.38 bits per heavy atom. The number of aliphatic hydroxyl groups excluding tert-OH is 1. The van der Waals surface area contributed by atoms with Gasteiger partial charge in [-0.3, -0.25) is 4.79 Å². The summed E-state index contributed by atoms with van der Waals surface area (Å²) < 4.78 is 5.21. The molecule has 6 heteroatoms. The van der Waals surface area contributed by atoms with Crippen LogP contribution in [0.25, 0.3) is 0 Å². The van der Waals surface area contributed by atoms with Crippen molar-refractivity contribution >= 4 is 29.1 Å². The molecule has 1 aliphatic rings. The molecule has 0 unspecified atom stereocenters. The minimum Gasteiger partial charge on any atom is -0.390 e. The quantitative estimate of drug-likeness (QED) is 0.891. The molecule has 0 aromatic heterocycles. The lowest BCUT2D eigenvalue weighted by molar-refractivity contribution is -0.130. The van der Waals surface area contributed by atoms with Crippen molar-refractivity contribution in [1.29, 1.82) is 0 Å². The lowest BCUT2D eigenvalue weighted by Gasteiger charge is -2.31. The monoisotopic (exact) mass is 331 g/mol. The maximum atomic E-state index is 12.2. The first-order chi connectivity index (χ1) is 10.0. The maximum absolute atomic E-state index is 12.2. The number of nitrogens with one attached hydrogen (secondary N) is 1. The van der Waals surface area contributed by atoms with Gasteiger partial charge in [-0.1, -0.05) is 29.3 Å². The zero-order valence-corrected chi connectivity index (χ0v) is 13.3. The molecule has 0 bridgehead atoms. The van der Waals surface area contributed by atoms with Gasteiger partial charge in [0.15, 0.2) is 0 Å². The van der Waals surface area contributed by atoms with Gasteiger partial charge in [0.1, 0.15) is 0 Å². The van der Waals surface area contributed by atoms with E-state index in [9.17, 15) is 9.90 Å². The molecule has 0 heterocycles. The van der Waals surface area contributed by atoms with Gasteiger partial charge in [0.2, 0.25) is 5.91 Å². The van der Waals surface area contributed by atoms with Crippen molar-refractivity contribution in [3.8, 4) is 0 Å². The zero-order valence-electron chi connectivity index (χ0n) is 11.8. The van der Waals surface area contributed by atoms with E-state index in [0.29, 0.717) is 35.9 Å². The van der Waals surface area contributed by atoms with Gasteiger partial charge in [0.05, 0.1) is 22.3 Å². The van der Waals surface area contributed by atoms with Crippen LogP contribution in [0.15, 0.2) is 18.2 Å². The number of methoxy groups -OCH3 is 1. The van der Waals surface area contributed by atoms with Gasteiger partial charge in [-0.2, -0.15) is 0 Å². The number of halogens is 2. The number of hydrogen-bond donors (Lipinski definition) is 2. The minimum atomic E-state index is -0.478. The summed E-state index contributed by atoms with van der Waals surface area (Å²) in [5.74, 6) is -0.142. The molecule has 1 aromatic rings. The number of rotatable bonds is 4. The second-order valence-electron chi connectivity index (χ2n) is 5.32. The van der Waals surface area contributed by atoms with Crippen LogP contribution in [0.2, 0.25) is 10.0 Å². The van der Waals surface area contributed by atoms with Gasteiger partial charge in [-0.15, -0.1) is 0 Å². The Morgan fingerprint density at radius 3 is 2.81 bits per heavy atom. The Hall–Kier alpha value is -0.810. The van der Waals surface area contributed by atoms with Crippen molar-refractivity contribution in [2.45, 2.75) is 38.0 Å². The fourth-order valence-electron chi connectivity index (χ4n) is 2.59. The molecular formula is C15H19Cl2NO3. The van der Waals surface area contributed by atoms with Crippen molar-refractivity contribution in [2.75, 3.05) is 7.11 Å². The molecule has 1 amide bonds. The molecule has 2 N–H and O–H groups in total. The number of benzene rings is 1. The molecule has 0 radical (unpaired) electrons. The van der Waals surface area contributed by atoms with Crippen LogP contribution in [0.1, 0.15) is 24.8 Å². The molecule has 3 atom stereocenters. The number of aliphatic hydroxyl groups is 1. The average molecular weight is 332 g/mol. The summed E-state index contributed by atoms with van der Waals surface area (Å²) in [6.07, 6.45) is 1.07. The fourth-order valence-corrected chi connectivity index (χ4v) is 2.91. The summed E-state index contributed by atoms with van der Waals surface area (Å²) in [6.45, 7) is 0.409. The standard InChI is InChI=1S/C15H19Cl2NO3/c1-21-14-7-10(3-5-13(14)19)15(20)18-8-9-2-4-11(16)12(17)6-9/h2,4,6,10,13-14,19H,3,5,7-8H2,1H3,(H,18,20)/t10-,13+,14-/m1/s1. The van der Waals surface area contributed by atoms with Gasteiger partial charge >= 0.3 is 0 Å². The molecule has 116 valence electrons. The number of carbonyl (C=O) groups excluding carboxylic acids is 1. The highest BCUT2D eigenvalue weighted by molar-refractivity contribution is 6.42. The van der Waals surface area contributed by atoms with E-state index in [4.69, 9.17) is 27.9 Å². The van der Waals surface area contributed by atoms with Crippen molar-refractivity contribution in [2.24, 2.45) is 5.92 Å². The van der Waals surface area contributed by atoms with E-state index in [1.54, 1.807) is 19.2 Å². The molecule has 4 nitrogen and oxygen atoms in total. The number of hydrogen-bond acceptors (Lipinski definition) is 3. The van der Waals surface area contributed by atoms with Gasteiger partial charge in [-0.25, -0.2) is 0 Å². The van der Waals surface area contributed by atoms with Crippen molar-refractivity contribution < 1.29 is 14.6 Å². The van der Waals surface area contributed by atoms with Gasteiger partial charge in [-0.05, 0) is 37.0 Å². The van der Waals surface area contributed by atoms with E-state index in [0.717, 1.165) is 5.56 Å². The Morgan fingerprint density at radius 2 is 2.14 bits per heavy atom. The molecule has 0 aliphatic heterocycles. The van der Waals surface area contributed by atoms with Crippen molar-refractivity contribution in [3.63, 3.8) is 0 Å². The number of ether oxygens (including phenoxy) is 1. The summed E-state index contributed by atoms with van der Waals surface area (Å²) in [7, 11) is 1.56. The number of amides is 1. The first-order valence-corrected chi connectivity index (χ1v) is 7.69. The van der Waals surface area contributed by atoms with E-state index in [-0.39, 0.29) is 17.9 Å². The Kier molecular flexibility index (Phi) is 5.88. The molecule has 21 heavy (non-hydrogen) atoms. The summed E-state index contributed by atoms with van der Waals surface area (Å²) in [4.78, 5) is 12.2. The average Bonchev–Trinajstić information content (AvgIpc) is 2.48. The van der Waals surface area contributed by atoms with Crippen LogP contribution in [0.4, 0.5) is 0 Å². The highest BCUT2D eigenvalue weighted by Crippen LogP contribution is 2.27. The predicted octanol–water partition coefficient (Wildman–Crippen LogP) is 2.79. The lowest BCUT2D eigenvalue weighted by Crippen LogP contribution is -2.41. The highest BCUT2D eigenvalue weighted by Gasteiger charge is 2.32. The van der Waals surface area contributed by atoms with Crippen LogP contribution < -0.4 is 5.32 Å². The Labute approximate surface area is 134 Å². The highest BCUT2D eigenvalue weighted by atomic mass is 35.5. The van der Waals surface area contributed by atoms with E-state index in [2.05, 4.69) is 5.32 Å². The SMILES string of the molecule is CO[C@@H]1C[C@H](C(=O)NCc2ccc(Cl)c(Cl)c2)CC[C@@H]1O. The third-order valence-corrected chi connectivity index (χ3v) is 4.62. The first kappa shape index (κ1) is 16.6. The molecule has 1 saturated carbocycles. The molecule has 2 rings (SSSR count).